The van der Waals surface area contributed by atoms with E-state index in [-0.39, 0.29) is 0 Å². The Hall–Kier alpha value is -1.01. The van der Waals surface area contributed by atoms with E-state index in [4.69, 9.17) is 0 Å². The van der Waals surface area contributed by atoms with Crippen molar-refractivity contribution in [3.63, 3.8) is 0 Å². The fourth-order valence-corrected chi connectivity index (χ4v) is 2.03. The molecule has 0 spiro atoms. The fraction of sp³-hybridized carbons (Fsp3) is 0.900. The van der Waals surface area contributed by atoms with E-state index in [9.17, 15) is 0 Å². The minimum atomic E-state index is 0.666. The van der Waals surface area contributed by atoms with Gasteiger partial charge in [-0.15, -0.1) is 10.2 Å². The maximum atomic E-state index is 4.00. The van der Waals surface area contributed by atoms with Crippen LogP contribution in [0.2, 0.25) is 0 Å². The monoisotopic (exact) mass is 224 g/mol. The minimum Gasteiger partial charge on any atom is -0.299 e. The molecule has 2 heterocycles. The van der Waals surface area contributed by atoms with Crippen molar-refractivity contribution in [2.75, 3.05) is 32.7 Å². The zero-order valence-electron chi connectivity index (χ0n) is 10.1. The molecule has 2 rings (SSSR count). The van der Waals surface area contributed by atoms with Gasteiger partial charge in [0.25, 0.3) is 0 Å². The van der Waals surface area contributed by atoms with Gasteiger partial charge in [0.05, 0.1) is 6.54 Å². The van der Waals surface area contributed by atoms with Crippen molar-refractivity contribution < 1.29 is 0 Å². The number of piperazine rings is 1. The van der Waals surface area contributed by atoms with Gasteiger partial charge in [0.2, 0.25) is 0 Å². The molecule has 0 amide bonds. The van der Waals surface area contributed by atoms with E-state index < -0.39 is 0 Å². The molecule has 16 heavy (non-hydrogen) atoms. The Morgan fingerprint density at radius 2 is 1.88 bits per heavy atom. The van der Waals surface area contributed by atoms with E-state index in [1.165, 1.54) is 19.4 Å². The normalized spacial score (nSPS) is 19.4. The smallest absolute Gasteiger partial charge is 0.162 e. The first-order valence-corrected chi connectivity index (χ1v) is 5.93. The summed E-state index contributed by atoms with van der Waals surface area (Å²) in [7, 11) is 0. The maximum absolute atomic E-state index is 4.00. The van der Waals surface area contributed by atoms with Gasteiger partial charge < -0.3 is 0 Å². The second-order valence-corrected chi connectivity index (χ2v) is 4.50. The third kappa shape index (κ3) is 2.99. The fourth-order valence-electron chi connectivity index (χ4n) is 2.03. The molecule has 1 aromatic heterocycles. The molecule has 0 saturated carbocycles. The molecule has 1 aromatic rings. The Bertz CT molecular complexity index is 288. The number of aromatic nitrogens is 4. The molecule has 1 aliphatic heterocycles. The molecule has 6 heteroatoms. The van der Waals surface area contributed by atoms with Crippen LogP contribution in [0.15, 0.2) is 6.33 Å². The molecule has 90 valence electrons. The predicted molar refractivity (Wildman–Crippen MR) is 61.0 cm³/mol. The summed E-state index contributed by atoms with van der Waals surface area (Å²) in [5.74, 6) is 0. The Morgan fingerprint density at radius 3 is 2.44 bits per heavy atom. The van der Waals surface area contributed by atoms with Crippen LogP contribution in [0, 0.1) is 0 Å². The van der Waals surface area contributed by atoms with Gasteiger partial charge in [0.15, 0.2) is 6.33 Å². The van der Waals surface area contributed by atoms with E-state index in [2.05, 4.69) is 39.1 Å². The van der Waals surface area contributed by atoms with Crippen LogP contribution in [0.1, 0.15) is 13.8 Å². The minimum absolute atomic E-state index is 0.666. The van der Waals surface area contributed by atoms with Crippen LogP contribution in [0.3, 0.4) is 0 Å². The number of hydrogen-bond donors (Lipinski definition) is 0. The average Bonchev–Trinajstić information content (AvgIpc) is 2.80. The third-order valence-corrected chi connectivity index (χ3v) is 3.14. The lowest BCUT2D eigenvalue weighted by atomic mass is 10.2. The van der Waals surface area contributed by atoms with Gasteiger partial charge in [-0.05, 0) is 19.1 Å². The summed E-state index contributed by atoms with van der Waals surface area (Å²) in [6.45, 7) is 11.0. The summed E-state index contributed by atoms with van der Waals surface area (Å²) in [6, 6.07) is 0.666. The average molecular weight is 224 g/mol. The summed E-state index contributed by atoms with van der Waals surface area (Å²) in [5.41, 5.74) is 0. The number of tetrazole rings is 1. The summed E-state index contributed by atoms with van der Waals surface area (Å²) in [4.78, 5) is 6.63. The molecular weight excluding hydrogens is 204 g/mol. The second kappa shape index (κ2) is 5.36. The van der Waals surface area contributed by atoms with Crippen molar-refractivity contribution in [2.45, 2.75) is 26.4 Å². The Morgan fingerprint density at radius 1 is 1.12 bits per heavy atom. The standard InChI is InChI=1S/C10H20N6/c1-10(2)15-6-3-14(4-7-15)5-8-16-12-9-11-13-16/h9-10H,3-8H2,1-2H3. The van der Waals surface area contributed by atoms with Crippen LogP contribution in [-0.4, -0.2) is 68.8 Å². The zero-order chi connectivity index (χ0) is 11.4. The largest absolute Gasteiger partial charge is 0.299 e. The van der Waals surface area contributed by atoms with Gasteiger partial charge in [-0.2, -0.15) is 4.80 Å². The van der Waals surface area contributed by atoms with Crippen LogP contribution in [0.4, 0.5) is 0 Å². The molecule has 0 unspecified atom stereocenters. The van der Waals surface area contributed by atoms with Crippen LogP contribution >= 0.6 is 0 Å². The Labute approximate surface area is 96.2 Å². The molecule has 1 fully saturated rings. The van der Waals surface area contributed by atoms with Crippen molar-refractivity contribution in [3.8, 4) is 0 Å². The van der Waals surface area contributed by atoms with E-state index >= 15 is 0 Å². The van der Waals surface area contributed by atoms with Crippen molar-refractivity contribution in [1.29, 1.82) is 0 Å². The van der Waals surface area contributed by atoms with Crippen LogP contribution < -0.4 is 0 Å². The Kier molecular flexibility index (Phi) is 3.84. The van der Waals surface area contributed by atoms with Crippen LogP contribution in [-0.2, 0) is 6.54 Å². The van der Waals surface area contributed by atoms with Gasteiger partial charge in [-0.3, -0.25) is 9.80 Å². The number of hydrogen-bond acceptors (Lipinski definition) is 5. The highest BCUT2D eigenvalue weighted by Crippen LogP contribution is 2.05. The van der Waals surface area contributed by atoms with E-state index in [0.717, 1.165) is 26.2 Å². The van der Waals surface area contributed by atoms with E-state index in [1.54, 1.807) is 4.80 Å². The molecule has 0 N–H and O–H groups in total. The quantitative estimate of drug-likeness (QED) is 0.703. The van der Waals surface area contributed by atoms with Crippen molar-refractivity contribution in [3.05, 3.63) is 6.33 Å². The molecule has 0 radical (unpaired) electrons. The second-order valence-electron chi connectivity index (χ2n) is 4.50. The summed E-state index contributed by atoms with van der Waals surface area (Å²) in [6.07, 6.45) is 1.48. The van der Waals surface area contributed by atoms with Crippen LogP contribution in [0.5, 0.6) is 0 Å². The molecule has 1 aliphatic rings. The van der Waals surface area contributed by atoms with Gasteiger partial charge in [0.1, 0.15) is 0 Å². The Balaban J connectivity index is 1.69. The maximum Gasteiger partial charge on any atom is 0.162 e. The number of rotatable bonds is 4. The highest BCUT2D eigenvalue weighted by Gasteiger charge is 2.18. The van der Waals surface area contributed by atoms with Gasteiger partial charge >= 0.3 is 0 Å². The summed E-state index contributed by atoms with van der Waals surface area (Å²) < 4.78 is 0. The van der Waals surface area contributed by atoms with E-state index in [0.29, 0.717) is 6.04 Å². The topological polar surface area (TPSA) is 50.1 Å². The predicted octanol–water partition coefficient (Wildman–Crippen LogP) is -0.301. The molecular formula is C10H20N6. The van der Waals surface area contributed by atoms with Gasteiger partial charge in [-0.1, -0.05) is 0 Å². The molecule has 0 aliphatic carbocycles. The van der Waals surface area contributed by atoms with E-state index in [1.807, 2.05) is 0 Å². The highest BCUT2D eigenvalue weighted by atomic mass is 15.6. The van der Waals surface area contributed by atoms with Crippen molar-refractivity contribution in [1.82, 2.24) is 30.0 Å². The molecule has 0 bridgehead atoms. The summed E-state index contributed by atoms with van der Waals surface area (Å²) >= 11 is 0. The third-order valence-electron chi connectivity index (χ3n) is 3.14. The molecule has 1 saturated heterocycles. The molecule has 0 aromatic carbocycles. The van der Waals surface area contributed by atoms with Gasteiger partial charge in [-0.25, -0.2) is 0 Å². The lowest BCUT2D eigenvalue weighted by Crippen LogP contribution is -2.49. The highest BCUT2D eigenvalue weighted by molar-refractivity contribution is 4.73. The SMILES string of the molecule is CC(C)N1CCN(CCn2ncnn2)CC1. The first-order chi connectivity index (χ1) is 7.75. The lowest BCUT2D eigenvalue weighted by molar-refractivity contribution is 0.104. The first-order valence-electron chi connectivity index (χ1n) is 5.93. The van der Waals surface area contributed by atoms with Gasteiger partial charge in [0, 0.05) is 38.8 Å². The summed E-state index contributed by atoms with van der Waals surface area (Å²) in [5, 5.41) is 11.6. The van der Waals surface area contributed by atoms with Crippen molar-refractivity contribution >= 4 is 0 Å². The number of nitrogens with zero attached hydrogens (tertiary/aromatic N) is 6. The van der Waals surface area contributed by atoms with Crippen LogP contribution in [0.25, 0.3) is 0 Å². The first kappa shape index (κ1) is 11.5. The lowest BCUT2D eigenvalue weighted by Gasteiger charge is -2.36. The zero-order valence-corrected chi connectivity index (χ0v) is 10.1. The molecule has 0 atom stereocenters. The van der Waals surface area contributed by atoms with Crippen molar-refractivity contribution in [2.24, 2.45) is 0 Å². The molecule has 6 nitrogen and oxygen atoms in total.